The van der Waals surface area contributed by atoms with E-state index in [-0.39, 0.29) is 5.97 Å². The summed E-state index contributed by atoms with van der Waals surface area (Å²) < 4.78 is 5.56. The van der Waals surface area contributed by atoms with Crippen LogP contribution >= 0.6 is 0 Å². The molecular weight excluding hydrogens is 284 g/mol. The molecule has 2 nitrogen and oxygen atoms in total. The van der Waals surface area contributed by atoms with Crippen LogP contribution in [-0.4, -0.2) is 11.6 Å². The first kappa shape index (κ1) is 19.5. The van der Waals surface area contributed by atoms with Crippen LogP contribution in [0.1, 0.15) is 78.2 Å². The molecule has 128 valence electrons. The molecule has 2 heteroatoms. The molecule has 1 aromatic carbocycles. The number of esters is 1. The van der Waals surface area contributed by atoms with Gasteiger partial charge in [-0.25, -0.2) is 4.79 Å². The first-order chi connectivity index (χ1) is 10.9. The first-order valence-electron chi connectivity index (χ1n) is 8.91. The van der Waals surface area contributed by atoms with Crippen LogP contribution in [0.2, 0.25) is 0 Å². The Hall–Kier alpha value is -1.57. The van der Waals surface area contributed by atoms with Crippen LogP contribution < -0.4 is 0 Å². The van der Waals surface area contributed by atoms with E-state index in [0.717, 1.165) is 24.0 Å². The maximum Gasteiger partial charge on any atom is 0.334 e. The molecule has 0 fully saturated rings. The average Bonchev–Trinajstić information content (AvgIpc) is 2.49. The summed E-state index contributed by atoms with van der Waals surface area (Å²) in [5.74, 6) is -0.185. The molecule has 0 spiro atoms. The highest BCUT2D eigenvalue weighted by Crippen LogP contribution is 2.19. The predicted octanol–water partition coefficient (Wildman–Crippen LogP) is 6.16. The summed E-state index contributed by atoms with van der Waals surface area (Å²) in [6.45, 7) is 7.96. The van der Waals surface area contributed by atoms with Crippen LogP contribution in [0.5, 0.6) is 0 Å². The smallest absolute Gasteiger partial charge is 0.334 e. The van der Waals surface area contributed by atoms with E-state index in [0.29, 0.717) is 0 Å². The highest BCUT2D eigenvalue weighted by molar-refractivity contribution is 5.93. The van der Waals surface area contributed by atoms with Crippen molar-refractivity contribution in [3.05, 3.63) is 41.5 Å². The number of ether oxygens (including phenoxy) is 1. The van der Waals surface area contributed by atoms with Gasteiger partial charge in [-0.2, -0.15) is 0 Å². The van der Waals surface area contributed by atoms with Gasteiger partial charge in [-0.05, 0) is 45.3 Å². The van der Waals surface area contributed by atoms with E-state index < -0.39 is 5.60 Å². The van der Waals surface area contributed by atoms with E-state index >= 15 is 0 Å². The van der Waals surface area contributed by atoms with Gasteiger partial charge in [0.1, 0.15) is 5.60 Å². The van der Waals surface area contributed by atoms with E-state index in [1.54, 1.807) is 0 Å². The second kappa shape index (κ2) is 10.3. The molecule has 1 aromatic rings. The fourth-order valence-corrected chi connectivity index (χ4v) is 2.42. The largest absolute Gasteiger partial charge is 0.457 e. The average molecular weight is 316 g/mol. The summed E-state index contributed by atoms with van der Waals surface area (Å²) in [6.07, 6.45) is 10.1. The Morgan fingerprint density at radius 2 is 1.61 bits per heavy atom. The lowest BCUT2D eigenvalue weighted by atomic mass is 10.0. The Bertz CT molecular complexity index is 480. The highest BCUT2D eigenvalue weighted by atomic mass is 16.6. The predicted molar refractivity (Wildman–Crippen MR) is 98.3 cm³/mol. The van der Waals surface area contributed by atoms with Crippen molar-refractivity contribution in [2.45, 2.75) is 78.2 Å². The van der Waals surface area contributed by atoms with Crippen LogP contribution in [0, 0.1) is 0 Å². The zero-order valence-electron chi connectivity index (χ0n) is 15.2. The standard InChI is InChI=1S/C21H32O2/c1-5-6-7-8-9-13-16-19(20(22)23-21(2,3)4)17-18-14-11-10-12-15-18/h10-12,14-15,17H,5-9,13,16H2,1-4H3. The second-order valence-corrected chi connectivity index (χ2v) is 7.10. The topological polar surface area (TPSA) is 26.3 Å². The van der Waals surface area contributed by atoms with Gasteiger partial charge in [-0.1, -0.05) is 69.4 Å². The fraction of sp³-hybridized carbons (Fsp3) is 0.571. The molecule has 0 heterocycles. The Kier molecular flexibility index (Phi) is 8.68. The summed E-state index contributed by atoms with van der Waals surface area (Å²) in [4.78, 5) is 12.4. The van der Waals surface area contributed by atoms with Crippen molar-refractivity contribution >= 4 is 12.0 Å². The highest BCUT2D eigenvalue weighted by Gasteiger charge is 2.19. The minimum atomic E-state index is -0.450. The van der Waals surface area contributed by atoms with Gasteiger partial charge in [-0.15, -0.1) is 0 Å². The zero-order chi connectivity index (χ0) is 17.1. The van der Waals surface area contributed by atoms with Crippen molar-refractivity contribution in [2.75, 3.05) is 0 Å². The third-order valence-corrected chi connectivity index (χ3v) is 3.60. The summed E-state index contributed by atoms with van der Waals surface area (Å²) in [7, 11) is 0. The summed E-state index contributed by atoms with van der Waals surface area (Å²) >= 11 is 0. The van der Waals surface area contributed by atoms with Gasteiger partial charge >= 0.3 is 5.97 Å². The number of unbranched alkanes of at least 4 members (excludes halogenated alkanes) is 5. The first-order valence-corrected chi connectivity index (χ1v) is 8.91. The van der Waals surface area contributed by atoms with Crippen LogP contribution in [-0.2, 0) is 9.53 Å². The van der Waals surface area contributed by atoms with E-state index in [2.05, 4.69) is 6.92 Å². The van der Waals surface area contributed by atoms with Gasteiger partial charge in [0, 0.05) is 5.57 Å². The molecule has 0 aliphatic rings. The lowest BCUT2D eigenvalue weighted by molar-refractivity contribution is -0.149. The van der Waals surface area contributed by atoms with Crippen molar-refractivity contribution in [3.63, 3.8) is 0 Å². The normalized spacial score (nSPS) is 12.3. The number of hydrogen-bond acceptors (Lipinski definition) is 2. The van der Waals surface area contributed by atoms with Crippen molar-refractivity contribution in [2.24, 2.45) is 0 Å². The van der Waals surface area contributed by atoms with Gasteiger partial charge in [0.2, 0.25) is 0 Å². The zero-order valence-corrected chi connectivity index (χ0v) is 15.2. The molecule has 0 aliphatic heterocycles. The maximum absolute atomic E-state index is 12.4. The number of rotatable bonds is 9. The summed E-state index contributed by atoms with van der Waals surface area (Å²) in [5.41, 5.74) is 1.38. The molecule has 0 saturated carbocycles. The van der Waals surface area contributed by atoms with Crippen molar-refractivity contribution in [3.8, 4) is 0 Å². The van der Waals surface area contributed by atoms with Gasteiger partial charge in [0.05, 0.1) is 0 Å². The molecule has 0 atom stereocenters. The van der Waals surface area contributed by atoms with Gasteiger partial charge in [0.25, 0.3) is 0 Å². The molecule has 0 saturated heterocycles. The molecule has 0 N–H and O–H groups in total. The van der Waals surface area contributed by atoms with Crippen LogP contribution in [0.4, 0.5) is 0 Å². The Morgan fingerprint density at radius 1 is 1.00 bits per heavy atom. The van der Waals surface area contributed by atoms with E-state index in [9.17, 15) is 4.79 Å². The summed E-state index contributed by atoms with van der Waals surface area (Å²) in [6, 6.07) is 10.0. The minimum Gasteiger partial charge on any atom is -0.457 e. The third-order valence-electron chi connectivity index (χ3n) is 3.60. The number of carbonyl (C=O) groups is 1. The van der Waals surface area contributed by atoms with Gasteiger partial charge < -0.3 is 4.74 Å². The summed E-state index contributed by atoms with van der Waals surface area (Å²) in [5, 5.41) is 0. The van der Waals surface area contributed by atoms with E-state index in [1.807, 2.05) is 57.2 Å². The number of carbonyl (C=O) groups excluding carboxylic acids is 1. The van der Waals surface area contributed by atoms with Crippen LogP contribution in [0.15, 0.2) is 35.9 Å². The molecule has 0 unspecified atom stereocenters. The Morgan fingerprint density at radius 3 is 2.22 bits per heavy atom. The van der Waals surface area contributed by atoms with Crippen LogP contribution in [0.3, 0.4) is 0 Å². The molecule has 0 radical (unpaired) electrons. The van der Waals surface area contributed by atoms with Crippen molar-refractivity contribution in [1.82, 2.24) is 0 Å². The van der Waals surface area contributed by atoms with Gasteiger partial charge in [0.15, 0.2) is 0 Å². The Balaban J connectivity index is 2.65. The monoisotopic (exact) mass is 316 g/mol. The molecule has 0 amide bonds. The van der Waals surface area contributed by atoms with E-state index in [4.69, 9.17) is 4.74 Å². The maximum atomic E-state index is 12.4. The molecular formula is C21H32O2. The third kappa shape index (κ3) is 9.22. The Labute approximate surface area is 141 Å². The van der Waals surface area contributed by atoms with Gasteiger partial charge in [-0.3, -0.25) is 0 Å². The lowest BCUT2D eigenvalue weighted by Gasteiger charge is -2.20. The van der Waals surface area contributed by atoms with Crippen molar-refractivity contribution in [1.29, 1.82) is 0 Å². The SMILES string of the molecule is CCCCCCCCC(=Cc1ccccc1)C(=O)OC(C)(C)C. The number of hydrogen-bond donors (Lipinski definition) is 0. The molecule has 0 bridgehead atoms. The quantitative estimate of drug-likeness (QED) is 0.310. The molecule has 1 rings (SSSR count). The molecule has 0 aliphatic carbocycles. The molecule has 23 heavy (non-hydrogen) atoms. The molecule has 0 aromatic heterocycles. The lowest BCUT2D eigenvalue weighted by Crippen LogP contribution is -2.24. The second-order valence-electron chi connectivity index (χ2n) is 7.10. The van der Waals surface area contributed by atoms with Crippen LogP contribution in [0.25, 0.3) is 6.08 Å². The fourth-order valence-electron chi connectivity index (χ4n) is 2.42. The van der Waals surface area contributed by atoms with E-state index in [1.165, 1.54) is 32.1 Å². The van der Waals surface area contributed by atoms with Crippen molar-refractivity contribution < 1.29 is 9.53 Å². The number of benzene rings is 1. The minimum absolute atomic E-state index is 0.185.